The van der Waals surface area contributed by atoms with Crippen LogP contribution in [0, 0.1) is 11.3 Å². The zero-order chi connectivity index (χ0) is 14.4. The summed E-state index contributed by atoms with van der Waals surface area (Å²) in [5.74, 6) is 0.752. The lowest BCUT2D eigenvalue weighted by molar-refractivity contribution is 0.516. The fraction of sp³-hybridized carbons (Fsp3) is 0.294. The van der Waals surface area contributed by atoms with Crippen LogP contribution in [-0.4, -0.2) is 10.5 Å². The summed E-state index contributed by atoms with van der Waals surface area (Å²) in [4.78, 5) is 4.26. The molecule has 2 rings (SSSR count). The van der Waals surface area contributed by atoms with Crippen molar-refractivity contribution >= 4 is 5.82 Å². The zero-order valence-corrected chi connectivity index (χ0v) is 11.9. The predicted molar refractivity (Wildman–Crippen MR) is 81.4 cm³/mol. The Morgan fingerprint density at radius 1 is 1.10 bits per heavy atom. The molecular weight excluding hydrogens is 246 g/mol. The van der Waals surface area contributed by atoms with Gasteiger partial charge in [0.05, 0.1) is 0 Å². The van der Waals surface area contributed by atoms with Crippen LogP contribution < -0.4 is 5.32 Å². The third-order valence-electron chi connectivity index (χ3n) is 3.21. The number of nitrogens with zero attached hydrogens (tertiary/aromatic N) is 2. The van der Waals surface area contributed by atoms with Crippen molar-refractivity contribution in [1.29, 1.82) is 5.26 Å². The SMILES string of the molecule is CC(C)(CCc1ccccc1)Nc1cccc(C#N)n1. The zero-order valence-electron chi connectivity index (χ0n) is 11.9. The Morgan fingerprint density at radius 2 is 1.85 bits per heavy atom. The van der Waals surface area contributed by atoms with Crippen LogP contribution in [-0.2, 0) is 6.42 Å². The van der Waals surface area contributed by atoms with Gasteiger partial charge in [-0.1, -0.05) is 36.4 Å². The Morgan fingerprint density at radius 3 is 2.55 bits per heavy atom. The van der Waals surface area contributed by atoms with Gasteiger partial charge in [0.25, 0.3) is 0 Å². The van der Waals surface area contributed by atoms with Gasteiger partial charge in [-0.05, 0) is 44.4 Å². The van der Waals surface area contributed by atoms with Crippen molar-refractivity contribution in [3.8, 4) is 6.07 Å². The molecule has 0 bridgehead atoms. The van der Waals surface area contributed by atoms with Crippen LogP contribution in [0.4, 0.5) is 5.82 Å². The van der Waals surface area contributed by atoms with Crippen LogP contribution in [0.15, 0.2) is 48.5 Å². The molecule has 3 nitrogen and oxygen atoms in total. The number of rotatable bonds is 5. The van der Waals surface area contributed by atoms with E-state index in [2.05, 4.69) is 54.5 Å². The van der Waals surface area contributed by atoms with Gasteiger partial charge in [0.2, 0.25) is 0 Å². The van der Waals surface area contributed by atoms with E-state index in [0.717, 1.165) is 18.7 Å². The Labute approximate surface area is 120 Å². The quantitative estimate of drug-likeness (QED) is 0.895. The largest absolute Gasteiger partial charge is 0.365 e. The van der Waals surface area contributed by atoms with E-state index in [4.69, 9.17) is 5.26 Å². The molecule has 1 aromatic heterocycles. The first-order valence-corrected chi connectivity index (χ1v) is 6.78. The highest BCUT2D eigenvalue weighted by atomic mass is 15.0. The van der Waals surface area contributed by atoms with Gasteiger partial charge in [0.1, 0.15) is 17.6 Å². The molecule has 0 amide bonds. The number of anilines is 1. The van der Waals surface area contributed by atoms with Crippen molar-refractivity contribution in [2.45, 2.75) is 32.2 Å². The standard InChI is InChI=1S/C17H19N3/c1-17(2,12-11-14-7-4-3-5-8-14)20-16-10-6-9-15(13-18)19-16/h3-10H,11-12H2,1-2H3,(H,19,20). The van der Waals surface area contributed by atoms with Crippen molar-refractivity contribution in [3.63, 3.8) is 0 Å². The van der Waals surface area contributed by atoms with Gasteiger partial charge in [0, 0.05) is 5.54 Å². The molecule has 0 aliphatic heterocycles. The number of hydrogen-bond donors (Lipinski definition) is 1. The fourth-order valence-corrected chi connectivity index (χ4v) is 2.08. The Balaban J connectivity index is 1.98. The number of aryl methyl sites for hydroxylation is 1. The van der Waals surface area contributed by atoms with Gasteiger partial charge in [-0.15, -0.1) is 0 Å². The lowest BCUT2D eigenvalue weighted by Crippen LogP contribution is -2.31. The van der Waals surface area contributed by atoms with E-state index < -0.39 is 0 Å². The summed E-state index contributed by atoms with van der Waals surface area (Å²) in [6.07, 6.45) is 2.01. The fourth-order valence-electron chi connectivity index (χ4n) is 2.08. The van der Waals surface area contributed by atoms with Crippen molar-refractivity contribution < 1.29 is 0 Å². The molecule has 0 unspecified atom stereocenters. The highest BCUT2D eigenvalue weighted by Gasteiger charge is 2.17. The van der Waals surface area contributed by atoms with Crippen LogP contribution in [0.2, 0.25) is 0 Å². The van der Waals surface area contributed by atoms with Crippen LogP contribution in [0.5, 0.6) is 0 Å². The first-order valence-electron chi connectivity index (χ1n) is 6.78. The van der Waals surface area contributed by atoms with Crippen molar-refractivity contribution in [1.82, 2.24) is 4.98 Å². The van der Waals surface area contributed by atoms with Gasteiger partial charge < -0.3 is 5.32 Å². The molecule has 1 N–H and O–H groups in total. The van der Waals surface area contributed by atoms with Gasteiger partial charge in [0.15, 0.2) is 0 Å². The number of aromatic nitrogens is 1. The minimum atomic E-state index is -0.0725. The van der Waals surface area contributed by atoms with Gasteiger partial charge in [-0.3, -0.25) is 0 Å². The summed E-state index contributed by atoms with van der Waals surface area (Å²) in [6.45, 7) is 4.30. The number of pyridine rings is 1. The van der Waals surface area contributed by atoms with E-state index in [1.54, 1.807) is 6.07 Å². The summed E-state index contributed by atoms with van der Waals surface area (Å²) in [6, 6.07) is 18.0. The Kier molecular flexibility index (Phi) is 4.37. The molecule has 20 heavy (non-hydrogen) atoms. The maximum absolute atomic E-state index is 8.87. The lowest BCUT2D eigenvalue weighted by atomic mass is 9.95. The molecule has 0 fully saturated rings. The molecule has 0 saturated heterocycles. The molecule has 0 radical (unpaired) electrons. The van der Waals surface area contributed by atoms with Crippen LogP contribution in [0.1, 0.15) is 31.5 Å². The van der Waals surface area contributed by atoms with E-state index in [9.17, 15) is 0 Å². The number of nitriles is 1. The van der Waals surface area contributed by atoms with Crippen LogP contribution in [0.25, 0.3) is 0 Å². The summed E-state index contributed by atoms with van der Waals surface area (Å²) in [5.41, 5.74) is 1.70. The summed E-state index contributed by atoms with van der Waals surface area (Å²) >= 11 is 0. The summed E-state index contributed by atoms with van der Waals surface area (Å²) in [5, 5.41) is 12.3. The minimum Gasteiger partial charge on any atom is -0.365 e. The predicted octanol–water partition coefficient (Wildman–Crippen LogP) is 3.78. The van der Waals surface area contributed by atoms with E-state index in [0.29, 0.717) is 5.69 Å². The van der Waals surface area contributed by atoms with E-state index in [1.165, 1.54) is 5.56 Å². The first-order chi connectivity index (χ1) is 9.59. The Bertz CT molecular complexity index is 597. The number of nitrogens with one attached hydrogen (secondary N) is 1. The number of hydrogen-bond acceptors (Lipinski definition) is 3. The second-order valence-electron chi connectivity index (χ2n) is 5.51. The third kappa shape index (κ3) is 4.10. The molecule has 0 spiro atoms. The van der Waals surface area contributed by atoms with Crippen molar-refractivity contribution in [3.05, 3.63) is 59.8 Å². The molecular formula is C17H19N3. The molecule has 102 valence electrons. The molecule has 1 heterocycles. The highest BCUT2D eigenvalue weighted by Crippen LogP contribution is 2.19. The van der Waals surface area contributed by atoms with Gasteiger partial charge in [-0.2, -0.15) is 5.26 Å². The number of benzene rings is 1. The topological polar surface area (TPSA) is 48.7 Å². The molecule has 0 aliphatic rings. The average molecular weight is 265 g/mol. The molecule has 2 aromatic rings. The third-order valence-corrected chi connectivity index (χ3v) is 3.21. The molecule has 0 aliphatic carbocycles. The van der Waals surface area contributed by atoms with E-state index >= 15 is 0 Å². The summed E-state index contributed by atoms with van der Waals surface area (Å²) in [7, 11) is 0. The lowest BCUT2D eigenvalue weighted by Gasteiger charge is -2.27. The van der Waals surface area contributed by atoms with Crippen LogP contribution >= 0.6 is 0 Å². The maximum Gasteiger partial charge on any atom is 0.142 e. The first kappa shape index (κ1) is 14.1. The van der Waals surface area contributed by atoms with Gasteiger partial charge >= 0.3 is 0 Å². The maximum atomic E-state index is 8.87. The van der Waals surface area contributed by atoms with E-state index in [-0.39, 0.29) is 5.54 Å². The van der Waals surface area contributed by atoms with Gasteiger partial charge in [-0.25, -0.2) is 4.98 Å². The highest BCUT2D eigenvalue weighted by molar-refractivity contribution is 5.40. The molecule has 3 heteroatoms. The monoisotopic (exact) mass is 265 g/mol. The van der Waals surface area contributed by atoms with Crippen molar-refractivity contribution in [2.24, 2.45) is 0 Å². The average Bonchev–Trinajstić information content (AvgIpc) is 2.46. The molecule has 1 aromatic carbocycles. The second kappa shape index (κ2) is 6.21. The minimum absolute atomic E-state index is 0.0725. The second-order valence-corrected chi connectivity index (χ2v) is 5.51. The smallest absolute Gasteiger partial charge is 0.142 e. The van der Waals surface area contributed by atoms with E-state index in [1.807, 2.05) is 18.2 Å². The molecule has 0 atom stereocenters. The Hall–Kier alpha value is -2.34. The molecule has 0 saturated carbocycles. The summed E-state index contributed by atoms with van der Waals surface area (Å²) < 4.78 is 0. The van der Waals surface area contributed by atoms with Crippen LogP contribution in [0.3, 0.4) is 0 Å². The van der Waals surface area contributed by atoms with Crippen molar-refractivity contribution in [2.75, 3.05) is 5.32 Å². The normalized spacial score (nSPS) is 10.8.